The van der Waals surface area contributed by atoms with Crippen molar-refractivity contribution in [1.82, 2.24) is 5.06 Å². The summed E-state index contributed by atoms with van der Waals surface area (Å²) in [6.45, 7) is -1.40. The maximum Gasteiger partial charge on any atom is 0.338 e. The molecule has 2 N–H and O–H groups in total. The number of ether oxygens (including phenoxy) is 1. The van der Waals surface area contributed by atoms with Crippen molar-refractivity contribution < 1.29 is 19.1 Å². The molecule has 0 atom stereocenters. The summed E-state index contributed by atoms with van der Waals surface area (Å²) in [5.41, 5.74) is 0. The quantitative estimate of drug-likeness (QED) is 0.582. The zero-order chi connectivity index (χ0) is 8.32. The van der Waals surface area contributed by atoms with Crippen molar-refractivity contribution in [2.45, 2.75) is 0 Å². The maximum absolute atomic E-state index is 8.75. The van der Waals surface area contributed by atoms with E-state index in [9.17, 15) is 0 Å². The number of hydrogen-bond donors (Lipinski definition) is 2. The molecular formula is C4H10NO4PS. The SMILES string of the molecule is OP(O)(=S)ON1CCOCC1. The minimum absolute atomic E-state index is 0.527. The Morgan fingerprint density at radius 3 is 2.36 bits per heavy atom. The molecule has 1 fully saturated rings. The van der Waals surface area contributed by atoms with Crippen LogP contribution in [0, 0.1) is 0 Å². The highest BCUT2D eigenvalue weighted by atomic mass is 32.5. The lowest BCUT2D eigenvalue weighted by atomic mass is 10.5. The second-order valence-corrected chi connectivity index (χ2v) is 4.69. The summed E-state index contributed by atoms with van der Waals surface area (Å²) in [6, 6.07) is 0. The van der Waals surface area contributed by atoms with Crippen LogP contribution in [0.5, 0.6) is 0 Å². The third-order valence-electron chi connectivity index (χ3n) is 1.19. The van der Waals surface area contributed by atoms with Gasteiger partial charge in [0.1, 0.15) is 0 Å². The molecule has 0 aromatic carbocycles. The summed E-state index contributed by atoms with van der Waals surface area (Å²) < 4.78 is 9.68. The molecule has 0 amide bonds. The third-order valence-corrected chi connectivity index (χ3v) is 1.84. The molecule has 0 spiro atoms. The van der Waals surface area contributed by atoms with Crippen LogP contribution in [0.25, 0.3) is 0 Å². The van der Waals surface area contributed by atoms with E-state index in [1.165, 1.54) is 5.06 Å². The molecule has 7 heteroatoms. The lowest BCUT2D eigenvalue weighted by Crippen LogP contribution is -2.35. The standard InChI is InChI=1S/C4H10NO4PS/c6-10(7,11)9-5-1-3-8-4-2-5/h1-4H2,(H2,6,7,11). The van der Waals surface area contributed by atoms with Crippen molar-refractivity contribution in [1.29, 1.82) is 0 Å². The Kier molecular flexibility index (Phi) is 3.39. The number of hydrogen-bond acceptors (Lipinski definition) is 4. The van der Waals surface area contributed by atoms with Crippen LogP contribution in [0.2, 0.25) is 0 Å². The molecule has 0 aliphatic carbocycles. The number of morpholine rings is 1. The number of hydroxylamine groups is 2. The summed E-state index contributed by atoms with van der Waals surface area (Å²) in [7, 11) is 0. The zero-order valence-corrected chi connectivity index (χ0v) is 7.55. The van der Waals surface area contributed by atoms with Gasteiger partial charge in [-0.05, 0) is 11.8 Å². The molecule has 66 valence electrons. The Morgan fingerprint density at radius 2 is 1.91 bits per heavy atom. The first kappa shape index (κ1) is 9.54. The predicted molar refractivity (Wildman–Crippen MR) is 42.2 cm³/mol. The molecule has 1 heterocycles. The van der Waals surface area contributed by atoms with E-state index in [0.717, 1.165) is 0 Å². The van der Waals surface area contributed by atoms with E-state index < -0.39 is 6.72 Å². The van der Waals surface area contributed by atoms with Gasteiger partial charge in [-0.1, -0.05) is 0 Å². The van der Waals surface area contributed by atoms with Crippen LogP contribution in [0.1, 0.15) is 0 Å². The Hall–Kier alpha value is 0.450. The van der Waals surface area contributed by atoms with Gasteiger partial charge in [-0.15, -0.1) is 0 Å². The van der Waals surface area contributed by atoms with Crippen LogP contribution in [0.3, 0.4) is 0 Å². The Morgan fingerprint density at radius 1 is 1.36 bits per heavy atom. The van der Waals surface area contributed by atoms with E-state index in [4.69, 9.17) is 14.5 Å². The van der Waals surface area contributed by atoms with Gasteiger partial charge in [0.25, 0.3) is 0 Å². The van der Waals surface area contributed by atoms with Gasteiger partial charge in [0.2, 0.25) is 0 Å². The lowest BCUT2D eigenvalue weighted by Gasteiger charge is -2.26. The molecule has 0 saturated carbocycles. The molecule has 0 aromatic rings. The molecule has 1 rings (SSSR count). The maximum atomic E-state index is 8.75. The zero-order valence-electron chi connectivity index (χ0n) is 5.84. The third kappa shape index (κ3) is 4.12. The van der Waals surface area contributed by atoms with Crippen LogP contribution in [-0.4, -0.2) is 41.2 Å². The number of rotatable bonds is 2. The largest absolute Gasteiger partial charge is 0.379 e. The molecule has 1 saturated heterocycles. The van der Waals surface area contributed by atoms with Crippen molar-refractivity contribution in [2.24, 2.45) is 0 Å². The first-order chi connectivity index (χ1) is 5.08. The van der Waals surface area contributed by atoms with E-state index >= 15 is 0 Å². The predicted octanol–water partition coefficient (Wildman–Crippen LogP) is -0.541. The first-order valence-corrected chi connectivity index (χ1v) is 5.78. The summed E-state index contributed by atoms with van der Waals surface area (Å²) in [5, 5.41) is 1.42. The number of nitrogens with zero attached hydrogens (tertiary/aromatic N) is 1. The van der Waals surface area contributed by atoms with E-state index in [2.05, 4.69) is 16.4 Å². The van der Waals surface area contributed by atoms with Crippen molar-refractivity contribution >= 4 is 18.5 Å². The summed E-state index contributed by atoms with van der Waals surface area (Å²) >= 11 is 4.28. The van der Waals surface area contributed by atoms with Crippen molar-refractivity contribution in [3.63, 3.8) is 0 Å². The Bertz CT molecular complexity index is 165. The highest BCUT2D eigenvalue weighted by molar-refractivity contribution is 8.06. The second kappa shape index (κ2) is 3.91. The van der Waals surface area contributed by atoms with Crippen LogP contribution < -0.4 is 0 Å². The minimum atomic E-state index is -3.53. The van der Waals surface area contributed by atoms with Crippen molar-refractivity contribution in [2.75, 3.05) is 26.3 Å². The van der Waals surface area contributed by atoms with Crippen molar-refractivity contribution in [3.8, 4) is 0 Å². The van der Waals surface area contributed by atoms with E-state index in [-0.39, 0.29) is 0 Å². The van der Waals surface area contributed by atoms with Gasteiger partial charge in [-0.3, -0.25) is 0 Å². The molecule has 1 aliphatic rings. The average Bonchev–Trinajstić information content (AvgIpc) is 1.85. The molecule has 0 bridgehead atoms. The topological polar surface area (TPSA) is 62.2 Å². The summed E-state index contributed by atoms with van der Waals surface area (Å²) in [5.74, 6) is 0. The van der Waals surface area contributed by atoms with Gasteiger partial charge in [-0.25, -0.2) is 4.62 Å². The first-order valence-electron chi connectivity index (χ1n) is 3.16. The molecule has 1 aliphatic heterocycles. The van der Waals surface area contributed by atoms with Crippen LogP contribution in [-0.2, 0) is 21.2 Å². The molecular weight excluding hydrogens is 189 g/mol. The monoisotopic (exact) mass is 199 g/mol. The fourth-order valence-electron chi connectivity index (χ4n) is 0.779. The average molecular weight is 199 g/mol. The van der Waals surface area contributed by atoms with Gasteiger partial charge in [0, 0.05) is 13.1 Å². The van der Waals surface area contributed by atoms with Crippen LogP contribution in [0.15, 0.2) is 0 Å². The minimum Gasteiger partial charge on any atom is -0.379 e. The van der Waals surface area contributed by atoms with Crippen molar-refractivity contribution in [3.05, 3.63) is 0 Å². The smallest absolute Gasteiger partial charge is 0.338 e. The van der Waals surface area contributed by atoms with Gasteiger partial charge in [0.05, 0.1) is 13.2 Å². The normalized spacial score (nSPS) is 22.0. The summed E-state index contributed by atoms with van der Waals surface area (Å²) in [4.78, 5) is 17.5. The van der Waals surface area contributed by atoms with E-state index in [1.54, 1.807) is 0 Å². The Balaban J connectivity index is 2.30. The lowest BCUT2D eigenvalue weighted by molar-refractivity contribution is -0.124. The molecule has 5 nitrogen and oxygen atoms in total. The highest BCUT2D eigenvalue weighted by Gasteiger charge is 2.18. The molecule has 11 heavy (non-hydrogen) atoms. The fourth-order valence-corrected chi connectivity index (χ4v) is 1.53. The molecule has 0 unspecified atom stereocenters. The highest BCUT2D eigenvalue weighted by Crippen LogP contribution is 2.37. The van der Waals surface area contributed by atoms with Gasteiger partial charge in [-0.2, -0.15) is 5.06 Å². The van der Waals surface area contributed by atoms with Crippen LogP contribution >= 0.6 is 6.72 Å². The molecule has 0 radical (unpaired) electrons. The van der Waals surface area contributed by atoms with Gasteiger partial charge in [0.15, 0.2) is 0 Å². The van der Waals surface area contributed by atoms with Gasteiger partial charge < -0.3 is 14.5 Å². The van der Waals surface area contributed by atoms with E-state index in [1.807, 2.05) is 0 Å². The molecule has 0 aromatic heterocycles. The van der Waals surface area contributed by atoms with Gasteiger partial charge >= 0.3 is 6.72 Å². The summed E-state index contributed by atoms with van der Waals surface area (Å²) in [6.07, 6.45) is 0. The second-order valence-electron chi connectivity index (χ2n) is 2.11. The van der Waals surface area contributed by atoms with Crippen LogP contribution in [0.4, 0.5) is 0 Å². The van der Waals surface area contributed by atoms with E-state index in [0.29, 0.717) is 26.3 Å². The Labute approximate surface area is 69.7 Å². The fraction of sp³-hybridized carbons (Fsp3) is 1.00.